The summed E-state index contributed by atoms with van der Waals surface area (Å²) in [5.41, 5.74) is 1.04. The zero-order valence-electron chi connectivity index (χ0n) is 10.8. The third-order valence-corrected chi connectivity index (χ3v) is 3.81. The van der Waals surface area contributed by atoms with Gasteiger partial charge >= 0.3 is 0 Å². The first-order valence-corrected chi connectivity index (χ1v) is 8.03. The Labute approximate surface area is 140 Å². The normalized spacial score (nSPS) is 10.4. The van der Waals surface area contributed by atoms with E-state index in [1.807, 2.05) is 31.2 Å². The molecule has 0 saturated heterocycles. The van der Waals surface area contributed by atoms with Crippen LogP contribution in [0.25, 0.3) is 0 Å². The molecule has 0 amide bonds. The topological polar surface area (TPSA) is 34.1 Å². The van der Waals surface area contributed by atoms with Crippen molar-refractivity contribution in [2.24, 2.45) is 0 Å². The van der Waals surface area contributed by atoms with Gasteiger partial charge in [-0.2, -0.15) is 0 Å². The summed E-state index contributed by atoms with van der Waals surface area (Å²) in [5.74, 6) is 1.57. The molecule has 0 unspecified atom stereocenters. The van der Waals surface area contributed by atoms with Crippen molar-refractivity contribution in [2.75, 3.05) is 11.9 Å². The summed E-state index contributed by atoms with van der Waals surface area (Å²) in [4.78, 5) is 4.20. The van der Waals surface area contributed by atoms with E-state index in [4.69, 9.17) is 16.3 Å². The number of ether oxygens (including phenoxy) is 1. The summed E-state index contributed by atoms with van der Waals surface area (Å²) >= 11 is 12.9. The first-order chi connectivity index (χ1) is 9.60. The highest BCUT2D eigenvalue weighted by Gasteiger charge is 2.10. The van der Waals surface area contributed by atoms with Crippen LogP contribution in [0.1, 0.15) is 12.5 Å². The SMILES string of the molecule is CCOc1c(Br)cc(Br)cc1CNc1cccc(Cl)n1. The van der Waals surface area contributed by atoms with E-state index in [2.05, 4.69) is 42.2 Å². The summed E-state index contributed by atoms with van der Waals surface area (Å²) < 4.78 is 7.59. The Bertz CT molecular complexity index is 608. The van der Waals surface area contributed by atoms with Crippen molar-refractivity contribution in [3.63, 3.8) is 0 Å². The summed E-state index contributed by atoms with van der Waals surface area (Å²) in [5, 5.41) is 3.71. The number of hydrogen-bond donors (Lipinski definition) is 1. The second-order valence-electron chi connectivity index (χ2n) is 4.01. The maximum atomic E-state index is 5.87. The van der Waals surface area contributed by atoms with Crippen molar-refractivity contribution in [1.29, 1.82) is 0 Å². The van der Waals surface area contributed by atoms with Gasteiger partial charge in [0.25, 0.3) is 0 Å². The van der Waals surface area contributed by atoms with Gasteiger partial charge in [0.15, 0.2) is 0 Å². The molecule has 0 aliphatic heterocycles. The molecule has 1 aromatic heterocycles. The summed E-state index contributed by atoms with van der Waals surface area (Å²) in [7, 11) is 0. The molecule has 3 nitrogen and oxygen atoms in total. The molecule has 2 rings (SSSR count). The average molecular weight is 421 g/mol. The van der Waals surface area contributed by atoms with Crippen LogP contribution in [0.15, 0.2) is 39.3 Å². The number of rotatable bonds is 5. The van der Waals surface area contributed by atoms with Gasteiger partial charge < -0.3 is 10.1 Å². The van der Waals surface area contributed by atoms with Crippen LogP contribution in [-0.2, 0) is 6.54 Å². The maximum absolute atomic E-state index is 5.87. The molecule has 0 fully saturated rings. The number of anilines is 1. The zero-order valence-corrected chi connectivity index (χ0v) is 14.7. The molecule has 0 radical (unpaired) electrons. The Balaban J connectivity index is 2.20. The second-order valence-corrected chi connectivity index (χ2v) is 6.17. The summed E-state index contributed by atoms with van der Waals surface area (Å²) in [6.07, 6.45) is 0. The molecule has 1 heterocycles. The highest BCUT2D eigenvalue weighted by molar-refractivity contribution is 9.11. The van der Waals surface area contributed by atoms with Crippen molar-refractivity contribution in [2.45, 2.75) is 13.5 Å². The molecule has 0 aliphatic carbocycles. The molecule has 0 atom stereocenters. The lowest BCUT2D eigenvalue weighted by Crippen LogP contribution is -2.05. The van der Waals surface area contributed by atoms with Crippen LogP contribution in [0.2, 0.25) is 5.15 Å². The molecule has 0 saturated carbocycles. The van der Waals surface area contributed by atoms with Crippen molar-refractivity contribution >= 4 is 49.3 Å². The molecule has 1 N–H and O–H groups in total. The van der Waals surface area contributed by atoms with Gasteiger partial charge in [0.2, 0.25) is 0 Å². The molecule has 106 valence electrons. The zero-order chi connectivity index (χ0) is 14.5. The van der Waals surface area contributed by atoms with Gasteiger partial charge in [0.1, 0.15) is 16.7 Å². The minimum Gasteiger partial charge on any atom is -0.492 e. The number of pyridine rings is 1. The van der Waals surface area contributed by atoms with Crippen LogP contribution in [-0.4, -0.2) is 11.6 Å². The van der Waals surface area contributed by atoms with E-state index in [0.717, 1.165) is 26.1 Å². The van der Waals surface area contributed by atoms with Crippen LogP contribution in [0.3, 0.4) is 0 Å². The number of nitrogens with zero attached hydrogens (tertiary/aromatic N) is 1. The predicted octanol–water partition coefficient (Wildman–Crippen LogP) is 5.27. The van der Waals surface area contributed by atoms with Gasteiger partial charge in [0.05, 0.1) is 11.1 Å². The van der Waals surface area contributed by atoms with Crippen LogP contribution < -0.4 is 10.1 Å². The van der Waals surface area contributed by atoms with Gasteiger partial charge in [-0.1, -0.05) is 33.6 Å². The smallest absolute Gasteiger partial charge is 0.138 e. The van der Waals surface area contributed by atoms with Gasteiger partial charge in [-0.3, -0.25) is 0 Å². The highest BCUT2D eigenvalue weighted by atomic mass is 79.9. The van der Waals surface area contributed by atoms with E-state index in [0.29, 0.717) is 18.3 Å². The monoisotopic (exact) mass is 418 g/mol. The van der Waals surface area contributed by atoms with Crippen LogP contribution in [0.5, 0.6) is 5.75 Å². The lowest BCUT2D eigenvalue weighted by atomic mass is 10.2. The molecular weight excluding hydrogens is 407 g/mol. The van der Waals surface area contributed by atoms with E-state index >= 15 is 0 Å². The number of hydrogen-bond acceptors (Lipinski definition) is 3. The van der Waals surface area contributed by atoms with Gasteiger partial charge in [-0.05, 0) is 47.1 Å². The van der Waals surface area contributed by atoms with E-state index < -0.39 is 0 Å². The minimum atomic E-state index is 0.468. The minimum absolute atomic E-state index is 0.468. The Kier molecular flexibility index (Phi) is 5.69. The van der Waals surface area contributed by atoms with Crippen molar-refractivity contribution < 1.29 is 4.74 Å². The Morgan fingerprint density at radius 2 is 2.10 bits per heavy atom. The van der Waals surface area contributed by atoms with Crippen molar-refractivity contribution in [3.05, 3.63) is 50.0 Å². The first-order valence-electron chi connectivity index (χ1n) is 6.07. The summed E-state index contributed by atoms with van der Waals surface area (Å²) in [6, 6.07) is 9.46. The van der Waals surface area contributed by atoms with Gasteiger partial charge in [-0.25, -0.2) is 4.98 Å². The van der Waals surface area contributed by atoms with Crippen molar-refractivity contribution in [3.8, 4) is 5.75 Å². The number of halogens is 3. The third kappa shape index (κ3) is 4.11. The Hall–Kier alpha value is -0.780. The molecule has 0 spiro atoms. The molecule has 0 aliphatic rings. The van der Waals surface area contributed by atoms with Crippen molar-refractivity contribution in [1.82, 2.24) is 4.98 Å². The molecule has 2 aromatic rings. The van der Waals surface area contributed by atoms with Crippen LogP contribution in [0.4, 0.5) is 5.82 Å². The highest BCUT2D eigenvalue weighted by Crippen LogP contribution is 2.33. The lowest BCUT2D eigenvalue weighted by Gasteiger charge is -2.14. The Morgan fingerprint density at radius 1 is 1.30 bits per heavy atom. The maximum Gasteiger partial charge on any atom is 0.138 e. The van der Waals surface area contributed by atoms with Gasteiger partial charge in [-0.15, -0.1) is 0 Å². The predicted molar refractivity (Wildman–Crippen MR) is 89.6 cm³/mol. The van der Waals surface area contributed by atoms with E-state index in [1.165, 1.54) is 0 Å². The van der Waals surface area contributed by atoms with Crippen LogP contribution in [0, 0.1) is 0 Å². The van der Waals surface area contributed by atoms with Gasteiger partial charge in [0, 0.05) is 16.6 Å². The fraction of sp³-hybridized carbons (Fsp3) is 0.214. The molecular formula is C14H13Br2ClN2O. The third-order valence-electron chi connectivity index (χ3n) is 2.55. The fourth-order valence-corrected chi connectivity index (χ4v) is 3.34. The fourth-order valence-electron chi connectivity index (χ4n) is 1.74. The quantitative estimate of drug-likeness (QED) is 0.669. The standard InChI is InChI=1S/C14H13Br2ClN2O/c1-2-20-14-9(6-10(15)7-11(14)16)8-18-13-5-3-4-12(17)19-13/h3-7H,2,8H2,1H3,(H,18,19). The van der Waals surface area contributed by atoms with E-state index in [-0.39, 0.29) is 0 Å². The second kappa shape index (κ2) is 7.29. The Morgan fingerprint density at radius 3 is 2.80 bits per heavy atom. The first kappa shape index (κ1) is 15.6. The molecule has 20 heavy (non-hydrogen) atoms. The number of aromatic nitrogens is 1. The van der Waals surface area contributed by atoms with E-state index in [1.54, 1.807) is 6.07 Å². The average Bonchev–Trinajstić information content (AvgIpc) is 2.40. The van der Waals surface area contributed by atoms with Crippen LogP contribution >= 0.6 is 43.5 Å². The molecule has 0 bridgehead atoms. The number of benzene rings is 1. The lowest BCUT2D eigenvalue weighted by molar-refractivity contribution is 0.334. The van der Waals surface area contributed by atoms with E-state index in [9.17, 15) is 0 Å². The molecule has 1 aromatic carbocycles. The molecule has 6 heteroatoms. The summed E-state index contributed by atoms with van der Waals surface area (Å²) in [6.45, 7) is 3.17. The number of nitrogens with one attached hydrogen (secondary N) is 1. The largest absolute Gasteiger partial charge is 0.492 e.